The van der Waals surface area contributed by atoms with Crippen molar-refractivity contribution in [2.45, 2.75) is 38.8 Å². The van der Waals surface area contributed by atoms with Crippen molar-refractivity contribution in [2.75, 3.05) is 16.8 Å². The maximum Gasteiger partial charge on any atom is 0.335 e. The summed E-state index contributed by atoms with van der Waals surface area (Å²) in [5, 5.41) is 33.3. The van der Waals surface area contributed by atoms with E-state index in [1.165, 1.54) is 24.3 Å². The second-order valence-electron chi connectivity index (χ2n) is 7.24. The molecule has 4 N–H and O–H groups in total. The lowest BCUT2D eigenvalue weighted by Crippen LogP contribution is -2.44. The van der Waals surface area contributed by atoms with Crippen LogP contribution in [0, 0.1) is 0 Å². The maximum atomic E-state index is 12.9. The van der Waals surface area contributed by atoms with Gasteiger partial charge in [0, 0.05) is 23.5 Å². The Balaban J connectivity index is 1.86. The van der Waals surface area contributed by atoms with Gasteiger partial charge in [0.15, 0.2) is 6.23 Å². The number of aromatic carboxylic acids is 1. The summed E-state index contributed by atoms with van der Waals surface area (Å²) in [5.74, 6) is -1.97. The third-order valence-electron chi connectivity index (χ3n) is 5.16. The Bertz CT molecular complexity index is 952. The Labute approximate surface area is 175 Å². The molecule has 7 heteroatoms. The number of aliphatic hydroxyl groups is 2. The molecule has 1 amide bonds. The number of para-hydroxylation sites is 1. The zero-order valence-corrected chi connectivity index (χ0v) is 16.8. The average molecular weight is 410 g/mol. The van der Waals surface area contributed by atoms with Gasteiger partial charge >= 0.3 is 5.97 Å². The third kappa shape index (κ3) is 4.46. The molecule has 1 aliphatic rings. The van der Waals surface area contributed by atoms with Gasteiger partial charge in [-0.3, -0.25) is 4.79 Å². The fourth-order valence-electron chi connectivity index (χ4n) is 3.55. The first kappa shape index (κ1) is 21.4. The second kappa shape index (κ2) is 9.45. The van der Waals surface area contributed by atoms with Crippen LogP contribution < -0.4 is 10.2 Å². The lowest BCUT2D eigenvalue weighted by Gasteiger charge is -2.36. The van der Waals surface area contributed by atoms with Crippen molar-refractivity contribution in [2.24, 2.45) is 0 Å². The highest BCUT2D eigenvalue weighted by Gasteiger charge is 2.35. The summed E-state index contributed by atoms with van der Waals surface area (Å²) in [5.41, 5.74) is 1.50. The van der Waals surface area contributed by atoms with Gasteiger partial charge in [-0.2, -0.15) is 0 Å². The molecule has 0 radical (unpaired) electrons. The van der Waals surface area contributed by atoms with Crippen molar-refractivity contribution in [3.05, 3.63) is 65.2 Å². The number of rotatable bonds is 8. The van der Waals surface area contributed by atoms with Gasteiger partial charge < -0.3 is 25.5 Å². The van der Waals surface area contributed by atoms with E-state index >= 15 is 0 Å². The van der Waals surface area contributed by atoms with Crippen molar-refractivity contribution < 1.29 is 24.9 Å². The number of benzene rings is 2. The van der Waals surface area contributed by atoms with E-state index in [2.05, 4.69) is 12.2 Å². The molecule has 0 aliphatic carbocycles. The van der Waals surface area contributed by atoms with E-state index in [4.69, 9.17) is 5.11 Å². The van der Waals surface area contributed by atoms with E-state index in [0.29, 0.717) is 23.5 Å². The van der Waals surface area contributed by atoms with Crippen LogP contribution in [0.4, 0.5) is 11.4 Å². The summed E-state index contributed by atoms with van der Waals surface area (Å²) in [6.45, 7) is 2.67. The molecular formula is C23H26N2O5. The Kier molecular flexibility index (Phi) is 6.74. The molecule has 30 heavy (non-hydrogen) atoms. The van der Waals surface area contributed by atoms with Gasteiger partial charge in [0.2, 0.25) is 0 Å². The number of carboxylic acid groups (broad SMARTS) is 1. The summed E-state index contributed by atoms with van der Waals surface area (Å²) in [6, 6.07) is 12.8. The largest absolute Gasteiger partial charge is 0.507 e. The molecule has 0 saturated carbocycles. The van der Waals surface area contributed by atoms with E-state index in [9.17, 15) is 19.8 Å². The molecule has 2 aromatic rings. The number of fused-ring (bicyclic) bond motifs is 1. The summed E-state index contributed by atoms with van der Waals surface area (Å²) in [6.07, 6.45) is 2.75. The summed E-state index contributed by atoms with van der Waals surface area (Å²) in [4.78, 5) is 25.6. The zero-order chi connectivity index (χ0) is 21.7. The molecule has 3 rings (SSSR count). The molecule has 2 aromatic carbocycles. The average Bonchev–Trinajstić information content (AvgIpc) is 2.73. The number of nitrogens with one attached hydrogen (secondary N) is 1. The summed E-state index contributed by atoms with van der Waals surface area (Å²) < 4.78 is 0. The quantitative estimate of drug-likeness (QED) is 0.490. The summed E-state index contributed by atoms with van der Waals surface area (Å²) in [7, 11) is 0. The Morgan fingerprint density at radius 1 is 1.03 bits per heavy atom. The normalized spacial score (nSPS) is 15.7. The highest BCUT2D eigenvalue weighted by Crippen LogP contribution is 2.36. The summed E-state index contributed by atoms with van der Waals surface area (Å²) >= 11 is 0. The predicted molar refractivity (Wildman–Crippen MR) is 116 cm³/mol. The van der Waals surface area contributed by atoms with Crippen LogP contribution in [0.25, 0.3) is 5.76 Å². The number of amides is 1. The number of aliphatic hydroxyl groups excluding tert-OH is 2. The minimum atomic E-state index is -1.29. The van der Waals surface area contributed by atoms with Crippen LogP contribution in [0.1, 0.15) is 48.5 Å². The highest BCUT2D eigenvalue weighted by molar-refractivity contribution is 6.10. The third-order valence-corrected chi connectivity index (χ3v) is 5.16. The lowest BCUT2D eigenvalue weighted by molar-refractivity contribution is -0.113. The highest BCUT2D eigenvalue weighted by atomic mass is 16.4. The van der Waals surface area contributed by atoms with Gasteiger partial charge in [0.1, 0.15) is 11.3 Å². The zero-order valence-electron chi connectivity index (χ0n) is 16.8. The van der Waals surface area contributed by atoms with Crippen LogP contribution in [0.2, 0.25) is 0 Å². The first-order chi connectivity index (χ1) is 14.4. The van der Waals surface area contributed by atoms with Crippen LogP contribution in [-0.4, -0.2) is 40.0 Å². The molecule has 1 aliphatic heterocycles. The van der Waals surface area contributed by atoms with Crippen LogP contribution in [0.3, 0.4) is 0 Å². The number of carbonyl (C=O) groups excluding carboxylic acids is 1. The fourth-order valence-corrected chi connectivity index (χ4v) is 3.55. The van der Waals surface area contributed by atoms with Crippen LogP contribution in [-0.2, 0) is 4.79 Å². The Morgan fingerprint density at radius 2 is 1.73 bits per heavy atom. The van der Waals surface area contributed by atoms with Gasteiger partial charge in [0.05, 0.1) is 5.56 Å². The van der Waals surface area contributed by atoms with Gasteiger partial charge in [0.25, 0.3) is 5.91 Å². The van der Waals surface area contributed by atoms with Crippen molar-refractivity contribution >= 4 is 29.0 Å². The van der Waals surface area contributed by atoms with Crippen molar-refractivity contribution in [3.63, 3.8) is 0 Å². The number of hydrogen-bond donors (Lipinski definition) is 4. The number of nitrogens with zero attached hydrogens (tertiary/aromatic N) is 1. The van der Waals surface area contributed by atoms with E-state index in [1.54, 1.807) is 17.0 Å². The van der Waals surface area contributed by atoms with E-state index < -0.39 is 18.1 Å². The van der Waals surface area contributed by atoms with Crippen molar-refractivity contribution in [3.8, 4) is 0 Å². The standard InChI is InChI=1S/C23H26N2O5/c1-2-3-4-7-14-25-18-9-6-5-8-17(18)20(26)19(22(25)28)21(27)24-16-12-10-15(11-13-16)23(29)30/h5-6,8-13,22,26,28H,2-4,7,14H2,1H3,(H,24,27)(H,29,30). The topological polar surface area (TPSA) is 110 Å². The van der Waals surface area contributed by atoms with E-state index in [0.717, 1.165) is 25.7 Å². The van der Waals surface area contributed by atoms with Crippen LogP contribution in [0.15, 0.2) is 54.1 Å². The molecule has 1 heterocycles. The molecule has 0 saturated heterocycles. The van der Waals surface area contributed by atoms with E-state index in [-0.39, 0.29) is 16.9 Å². The van der Waals surface area contributed by atoms with Crippen molar-refractivity contribution in [1.29, 1.82) is 0 Å². The van der Waals surface area contributed by atoms with Crippen LogP contribution in [0.5, 0.6) is 0 Å². The van der Waals surface area contributed by atoms with E-state index in [1.807, 2.05) is 12.1 Å². The second-order valence-corrected chi connectivity index (χ2v) is 7.24. The fraction of sp³-hybridized carbons (Fsp3) is 0.304. The Hall–Kier alpha value is -3.32. The minimum absolute atomic E-state index is 0.0972. The SMILES string of the molecule is CCCCCCN1c2ccccc2C(O)=C(C(=O)Nc2ccc(C(=O)O)cc2)C1O. The number of hydrogen-bond acceptors (Lipinski definition) is 5. The monoisotopic (exact) mass is 410 g/mol. The Morgan fingerprint density at radius 3 is 2.40 bits per heavy atom. The molecule has 7 nitrogen and oxygen atoms in total. The number of carboxylic acids is 1. The van der Waals surface area contributed by atoms with Gasteiger partial charge in [-0.1, -0.05) is 38.3 Å². The number of unbranched alkanes of at least 4 members (excludes halogenated alkanes) is 3. The molecule has 0 spiro atoms. The molecular weight excluding hydrogens is 384 g/mol. The molecule has 0 aromatic heterocycles. The first-order valence-electron chi connectivity index (χ1n) is 10.1. The van der Waals surface area contributed by atoms with Crippen LogP contribution >= 0.6 is 0 Å². The van der Waals surface area contributed by atoms with Gasteiger partial charge in [-0.15, -0.1) is 0 Å². The predicted octanol–water partition coefficient (Wildman–Crippen LogP) is 4.01. The maximum absolute atomic E-state index is 12.9. The lowest BCUT2D eigenvalue weighted by atomic mass is 9.97. The number of anilines is 2. The van der Waals surface area contributed by atoms with Gasteiger partial charge in [-0.05, 0) is 42.8 Å². The number of carbonyl (C=O) groups is 2. The first-order valence-corrected chi connectivity index (χ1v) is 10.1. The molecule has 0 bridgehead atoms. The molecule has 0 fully saturated rings. The minimum Gasteiger partial charge on any atom is -0.507 e. The van der Waals surface area contributed by atoms with Gasteiger partial charge in [-0.25, -0.2) is 4.79 Å². The molecule has 1 unspecified atom stereocenters. The smallest absolute Gasteiger partial charge is 0.335 e. The molecule has 1 atom stereocenters. The molecule has 158 valence electrons. The van der Waals surface area contributed by atoms with Crippen molar-refractivity contribution in [1.82, 2.24) is 0 Å².